The van der Waals surface area contributed by atoms with Crippen molar-refractivity contribution in [2.75, 3.05) is 13.2 Å². The van der Waals surface area contributed by atoms with Gasteiger partial charge in [0.05, 0.1) is 19.1 Å². The molecule has 0 aromatic rings. The van der Waals surface area contributed by atoms with Gasteiger partial charge in [0.2, 0.25) is 29.5 Å². The summed E-state index contributed by atoms with van der Waals surface area (Å²) in [6, 6.07) is -5.52. The topological polar surface area (TPSA) is 283 Å². The smallest absolute Gasteiger partial charge is 0.328 e. The largest absolute Gasteiger partial charge is 0.480 e. The Labute approximate surface area is 190 Å². The monoisotopic (exact) mass is 475 g/mol. The lowest BCUT2D eigenvalue weighted by molar-refractivity contribution is -0.143. The van der Waals surface area contributed by atoms with Gasteiger partial charge in [0, 0.05) is 6.42 Å². The second kappa shape index (κ2) is 15.5. The summed E-state index contributed by atoms with van der Waals surface area (Å²) < 4.78 is 0. The van der Waals surface area contributed by atoms with Gasteiger partial charge in [-0.3, -0.25) is 24.0 Å². The van der Waals surface area contributed by atoms with E-state index in [1.807, 2.05) is 0 Å². The van der Waals surface area contributed by atoms with Crippen molar-refractivity contribution in [2.45, 2.75) is 62.7 Å². The van der Waals surface area contributed by atoms with E-state index in [-0.39, 0.29) is 19.3 Å². The number of carboxylic acids is 1. The van der Waals surface area contributed by atoms with Gasteiger partial charge in [0.25, 0.3) is 0 Å². The lowest BCUT2D eigenvalue weighted by Crippen LogP contribution is -2.57. The van der Waals surface area contributed by atoms with Crippen LogP contribution < -0.4 is 38.9 Å². The molecule has 0 aliphatic rings. The maximum absolute atomic E-state index is 12.8. The number of primary amides is 2. The predicted molar refractivity (Wildman–Crippen MR) is 114 cm³/mol. The number of aliphatic hydroxyl groups excluding tert-OH is 1. The second-order valence-corrected chi connectivity index (χ2v) is 7.27. The zero-order chi connectivity index (χ0) is 25.6. The van der Waals surface area contributed by atoms with Crippen molar-refractivity contribution >= 4 is 35.5 Å². The summed E-state index contributed by atoms with van der Waals surface area (Å²) in [4.78, 5) is 70.7. The fourth-order valence-electron chi connectivity index (χ4n) is 2.64. The SMILES string of the molecule is NCCCCC(NC(=O)C(CCC(N)=O)NC(=O)C(N)CC(N)=O)C(=O)NC(CO)C(=O)O. The van der Waals surface area contributed by atoms with E-state index in [1.54, 1.807) is 0 Å². The molecule has 0 saturated heterocycles. The quantitative estimate of drug-likeness (QED) is 0.0903. The van der Waals surface area contributed by atoms with Gasteiger partial charge in [-0.1, -0.05) is 0 Å². The Morgan fingerprint density at radius 2 is 1.27 bits per heavy atom. The highest BCUT2D eigenvalue weighted by molar-refractivity contribution is 5.95. The van der Waals surface area contributed by atoms with Gasteiger partial charge < -0.3 is 49.1 Å². The van der Waals surface area contributed by atoms with E-state index in [2.05, 4.69) is 16.0 Å². The molecule has 188 valence electrons. The van der Waals surface area contributed by atoms with Crippen molar-refractivity contribution in [3.8, 4) is 0 Å². The predicted octanol–water partition coefficient (Wildman–Crippen LogP) is -4.89. The first kappa shape index (κ1) is 29.7. The summed E-state index contributed by atoms with van der Waals surface area (Å²) in [5.41, 5.74) is 21.1. The van der Waals surface area contributed by atoms with E-state index in [0.717, 1.165) is 0 Å². The van der Waals surface area contributed by atoms with E-state index in [1.165, 1.54) is 0 Å². The molecule has 0 saturated carbocycles. The van der Waals surface area contributed by atoms with Gasteiger partial charge in [0.1, 0.15) is 18.1 Å². The highest BCUT2D eigenvalue weighted by Gasteiger charge is 2.30. The van der Waals surface area contributed by atoms with Crippen LogP contribution in [-0.4, -0.2) is 83.0 Å². The zero-order valence-corrected chi connectivity index (χ0v) is 18.1. The van der Waals surface area contributed by atoms with Crippen LogP contribution in [0.1, 0.15) is 38.5 Å². The van der Waals surface area contributed by atoms with Gasteiger partial charge >= 0.3 is 5.97 Å². The van der Waals surface area contributed by atoms with Crippen LogP contribution in [-0.2, 0) is 28.8 Å². The third-order valence-corrected chi connectivity index (χ3v) is 4.45. The number of amides is 5. The molecule has 0 aromatic heterocycles. The first-order valence-corrected chi connectivity index (χ1v) is 10.2. The number of carbonyl (C=O) groups excluding carboxylic acids is 5. The first-order chi connectivity index (χ1) is 15.4. The van der Waals surface area contributed by atoms with Crippen molar-refractivity contribution in [3.05, 3.63) is 0 Å². The Morgan fingerprint density at radius 3 is 1.73 bits per heavy atom. The van der Waals surface area contributed by atoms with E-state index in [0.29, 0.717) is 19.4 Å². The number of unbranched alkanes of at least 4 members (excludes halogenated alkanes) is 1. The normalized spacial score (nSPS) is 14.3. The molecule has 15 heteroatoms. The molecule has 0 aromatic carbocycles. The molecule has 0 fully saturated rings. The average molecular weight is 476 g/mol. The lowest BCUT2D eigenvalue weighted by Gasteiger charge is -2.24. The molecule has 33 heavy (non-hydrogen) atoms. The van der Waals surface area contributed by atoms with E-state index >= 15 is 0 Å². The molecule has 13 N–H and O–H groups in total. The highest BCUT2D eigenvalue weighted by Crippen LogP contribution is 2.05. The zero-order valence-electron chi connectivity index (χ0n) is 18.1. The fraction of sp³-hybridized carbons (Fsp3) is 0.667. The fourth-order valence-corrected chi connectivity index (χ4v) is 2.64. The molecule has 0 aliphatic carbocycles. The van der Waals surface area contributed by atoms with Crippen LogP contribution in [0.5, 0.6) is 0 Å². The van der Waals surface area contributed by atoms with Crippen molar-refractivity contribution < 1.29 is 39.0 Å². The molecule has 5 amide bonds. The maximum Gasteiger partial charge on any atom is 0.328 e. The van der Waals surface area contributed by atoms with Gasteiger partial charge in [-0.25, -0.2) is 4.79 Å². The minimum atomic E-state index is -1.59. The summed E-state index contributed by atoms with van der Waals surface area (Å²) >= 11 is 0. The van der Waals surface area contributed by atoms with E-state index < -0.39 is 72.7 Å². The molecule has 0 bridgehead atoms. The summed E-state index contributed by atoms with van der Waals surface area (Å²) in [5.74, 6) is -5.73. The molecule has 0 spiro atoms. The van der Waals surface area contributed by atoms with Crippen LogP contribution in [0, 0.1) is 0 Å². The molecular formula is C18H33N7O8. The summed E-state index contributed by atoms with van der Waals surface area (Å²) in [6.45, 7) is -0.564. The Hall–Kier alpha value is -3.30. The number of nitrogens with one attached hydrogen (secondary N) is 3. The Bertz CT molecular complexity index is 718. The number of hydrogen-bond donors (Lipinski definition) is 9. The molecule has 4 atom stereocenters. The maximum atomic E-state index is 12.8. The summed E-state index contributed by atoms with van der Waals surface area (Å²) in [5, 5.41) is 24.9. The van der Waals surface area contributed by atoms with Crippen LogP contribution in [0.2, 0.25) is 0 Å². The van der Waals surface area contributed by atoms with Gasteiger partial charge in [-0.2, -0.15) is 0 Å². The van der Waals surface area contributed by atoms with Crippen LogP contribution in [0.25, 0.3) is 0 Å². The summed E-state index contributed by atoms with van der Waals surface area (Å²) in [7, 11) is 0. The minimum absolute atomic E-state index is 0.0736. The average Bonchev–Trinajstić information content (AvgIpc) is 2.72. The van der Waals surface area contributed by atoms with Crippen molar-refractivity contribution in [1.29, 1.82) is 0 Å². The lowest BCUT2D eigenvalue weighted by atomic mass is 10.0. The summed E-state index contributed by atoms with van der Waals surface area (Å²) in [6.07, 6.45) is -0.0395. The van der Waals surface area contributed by atoms with Gasteiger partial charge in [0.15, 0.2) is 0 Å². The van der Waals surface area contributed by atoms with Crippen molar-refractivity contribution in [3.63, 3.8) is 0 Å². The van der Waals surface area contributed by atoms with Crippen LogP contribution in [0.4, 0.5) is 0 Å². The molecule has 15 nitrogen and oxygen atoms in total. The minimum Gasteiger partial charge on any atom is -0.480 e. The molecule has 4 unspecified atom stereocenters. The Morgan fingerprint density at radius 1 is 0.758 bits per heavy atom. The highest BCUT2D eigenvalue weighted by atomic mass is 16.4. The molecular weight excluding hydrogens is 442 g/mol. The number of carboxylic acid groups (broad SMARTS) is 1. The second-order valence-electron chi connectivity index (χ2n) is 7.27. The van der Waals surface area contributed by atoms with E-state index in [4.69, 9.17) is 33.1 Å². The van der Waals surface area contributed by atoms with Gasteiger partial charge in [-0.05, 0) is 32.2 Å². The van der Waals surface area contributed by atoms with Crippen LogP contribution in [0.15, 0.2) is 0 Å². The van der Waals surface area contributed by atoms with Crippen molar-refractivity contribution in [2.24, 2.45) is 22.9 Å². The number of aliphatic carboxylic acids is 1. The third kappa shape index (κ3) is 12.4. The Kier molecular flexibility index (Phi) is 13.9. The molecule has 0 aliphatic heterocycles. The standard InChI is InChI=1S/C18H33N7O8/c19-6-2-1-3-10(16(30)25-12(8-26)18(32)33)24-17(31)11(4-5-13(21)27)23-15(29)9(20)7-14(22)28/h9-12,26H,1-8,19-20H2,(H2,21,27)(H2,22,28)(H,23,29)(H,24,31)(H,25,30)(H,32,33). The van der Waals surface area contributed by atoms with Gasteiger partial charge in [-0.15, -0.1) is 0 Å². The Balaban J connectivity index is 5.49. The number of rotatable bonds is 17. The first-order valence-electron chi connectivity index (χ1n) is 10.2. The number of nitrogens with two attached hydrogens (primary N) is 4. The van der Waals surface area contributed by atoms with E-state index in [9.17, 15) is 28.8 Å². The number of aliphatic hydroxyl groups is 1. The number of carbonyl (C=O) groups is 6. The molecule has 0 rings (SSSR count). The van der Waals surface area contributed by atoms with Crippen molar-refractivity contribution in [1.82, 2.24) is 16.0 Å². The number of hydrogen-bond acceptors (Lipinski definition) is 9. The molecule has 0 heterocycles. The molecule has 0 radical (unpaired) electrons. The van der Waals surface area contributed by atoms with Crippen LogP contribution in [0.3, 0.4) is 0 Å². The third-order valence-electron chi connectivity index (χ3n) is 4.45. The van der Waals surface area contributed by atoms with Crippen LogP contribution >= 0.6 is 0 Å².